The molecule has 0 unspecified atom stereocenters. The minimum absolute atomic E-state index is 0.00635. The summed E-state index contributed by atoms with van der Waals surface area (Å²) in [7, 11) is 0. The number of amides is 1. The van der Waals surface area contributed by atoms with E-state index in [4.69, 9.17) is 0 Å². The number of carbonyl (C=O) groups is 1. The van der Waals surface area contributed by atoms with Crippen LogP contribution >= 0.6 is 0 Å². The van der Waals surface area contributed by atoms with Gasteiger partial charge in [0.05, 0.1) is 10.5 Å². The second-order valence-corrected chi connectivity index (χ2v) is 6.03. The maximum atomic E-state index is 12.2. The van der Waals surface area contributed by atoms with Crippen molar-refractivity contribution in [3.8, 4) is 0 Å². The smallest absolute Gasteiger partial charge is 0.269 e. The molecule has 1 N–H and O–H groups in total. The molecule has 1 aliphatic heterocycles. The van der Waals surface area contributed by atoms with Crippen molar-refractivity contribution >= 4 is 17.3 Å². The maximum Gasteiger partial charge on any atom is 0.269 e. The lowest BCUT2D eigenvalue weighted by molar-refractivity contribution is -0.384. The van der Waals surface area contributed by atoms with Gasteiger partial charge in [-0.25, -0.2) is 0 Å². The van der Waals surface area contributed by atoms with Gasteiger partial charge in [-0.1, -0.05) is 0 Å². The number of fused-ring (bicyclic) bond motifs is 1. The zero-order valence-corrected chi connectivity index (χ0v) is 12.3. The van der Waals surface area contributed by atoms with E-state index >= 15 is 0 Å². The highest BCUT2D eigenvalue weighted by atomic mass is 16.6. The van der Waals surface area contributed by atoms with Gasteiger partial charge < -0.3 is 10.0 Å². The lowest BCUT2D eigenvalue weighted by atomic mass is 10.0. The zero-order valence-electron chi connectivity index (χ0n) is 12.3. The maximum absolute atomic E-state index is 12.2. The average molecular weight is 292 g/mol. The highest BCUT2D eigenvalue weighted by Gasteiger charge is 2.25. The Morgan fingerprint density at radius 2 is 2.10 bits per heavy atom. The number of nitrogens with zero attached hydrogens (tertiary/aromatic N) is 2. The fraction of sp³-hybridized carbons (Fsp3) is 0.533. The molecular weight excluding hydrogens is 272 g/mol. The molecule has 1 aromatic carbocycles. The van der Waals surface area contributed by atoms with E-state index in [1.165, 1.54) is 6.07 Å². The first-order valence-electron chi connectivity index (χ1n) is 7.08. The van der Waals surface area contributed by atoms with Crippen LogP contribution in [0.5, 0.6) is 0 Å². The Balaban J connectivity index is 2.33. The van der Waals surface area contributed by atoms with Gasteiger partial charge >= 0.3 is 0 Å². The van der Waals surface area contributed by atoms with Crippen molar-refractivity contribution in [3.63, 3.8) is 0 Å². The minimum atomic E-state index is -0.854. The standard InChI is InChI=1S/C15H20N2O4/c1-15(2,19)8-9-16-13-7-6-12(17(20)21)10-11(13)4-3-5-14(16)18/h6-7,10,19H,3-5,8-9H2,1-2H3. The summed E-state index contributed by atoms with van der Waals surface area (Å²) in [6, 6.07) is 4.61. The number of nitro benzene ring substituents is 1. The number of aryl methyl sites for hydroxylation is 1. The lowest BCUT2D eigenvalue weighted by Gasteiger charge is -2.26. The number of rotatable bonds is 4. The molecule has 0 fully saturated rings. The summed E-state index contributed by atoms with van der Waals surface area (Å²) in [6.07, 6.45) is 2.22. The van der Waals surface area contributed by atoms with E-state index in [9.17, 15) is 20.0 Å². The number of benzene rings is 1. The third-order valence-corrected chi connectivity index (χ3v) is 3.65. The van der Waals surface area contributed by atoms with Crippen LogP contribution in [0.2, 0.25) is 0 Å². The van der Waals surface area contributed by atoms with E-state index in [-0.39, 0.29) is 11.6 Å². The van der Waals surface area contributed by atoms with Crippen molar-refractivity contribution in [1.29, 1.82) is 0 Å². The predicted molar refractivity (Wildman–Crippen MR) is 79.3 cm³/mol. The van der Waals surface area contributed by atoms with Gasteiger partial charge in [0.15, 0.2) is 0 Å². The Labute approximate surface area is 123 Å². The van der Waals surface area contributed by atoms with Crippen LogP contribution in [0.3, 0.4) is 0 Å². The molecule has 0 radical (unpaired) electrons. The molecule has 114 valence electrons. The molecule has 6 nitrogen and oxygen atoms in total. The van der Waals surface area contributed by atoms with Crippen LogP contribution in [-0.2, 0) is 11.2 Å². The molecule has 0 spiro atoms. The lowest BCUT2D eigenvalue weighted by Crippen LogP contribution is -2.35. The third kappa shape index (κ3) is 3.78. The van der Waals surface area contributed by atoms with E-state index in [1.54, 1.807) is 30.9 Å². The van der Waals surface area contributed by atoms with Crippen molar-refractivity contribution in [2.45, 2.75) is 45.1 Å². The number of anilines is 1. The van der Waals surface area contributed by atoms with Crippen molar-refractivity contribution in [1.82, 2.24) is 0 Å². The number of carbonyl (C=O) groups excluding carboxylic acids is 1. The van der Waals surface area contributed by atoms with Gasteiger partial charge in [0.2, 0.25) is 5.91 Å². The van der Waals surface area contributed by atoms with Crippen LogP contribution in [0.15, 0.2) is 18.2 Å². The largest absolute Gasteiger partial charge is 0.390 e. The van der Waals surface area contributed by atoms with E-state index in [0.29, 0.717) is 32.2 Å². The number of hydrogen-bond acceptors (Lipinski definition) is 4. The minimum Gasteiger partial charge on any atom is -0.390 e. The molecule has 0 saturated carbocycles. The first-order chi connectivity index (χ1) is 9.78. The van der Waals surface area contributed by atoms with Crippen LogP contribution in [0.1, 0.15) is 38.7 Å². The Morgan fingerprint density at radius 3 is 2.71 bits per heavy atom. The van der Waals surface area contributed by atoms with E-state index in [1.807, 2.05) is 0 Å². The average Bonchev–Trinajstić information content (AvgIpc) is 2.53. The molecule has 0 bridgehead atoms. The first kappa shape index (κ1) is 15.4. The van der Waals surface area contributed by atoms with Gasteiger partial charge in [-0.2, -0.15) is 0 Å². The summed E-state index contributed by atoms with van der Waals surface area (Å²) in [5.41, 5.74) is 0.747. The molecule has 1 heterocycles. The summed E-state index contributed by atoms with van der Waals surface area (Å²) in [6.45, 7) is 3.81. The topological polar surface area (TPSA) is 83.7 Å². The normalized spacial score (nSPS) is 15.6. The number of nitro groups is 1. The Kier molecular flexibility index (Phi) is 4.27. The Morgan fingerprint density at radius 1 is 1.38 bits per heavy atom. The van der Waals surface area contributed by atoms with Crippen LogP contribution < -0.4 is 4.90 Å². The van der Waals surface area contributed by atoms with Gasteiger partial charge in [-0.15, -0.1) is 0 Å². The quantitative estimate of drug-likeness (QED) is 0.682. The first-order valence-corrected chi connectivity index (χ1v) is 7.08. The van der Waals surface area contributed by atoms with Crippen LogP contribution in [-0.4, -0.2) is 28.1 Å². The second-order valence-electron chi connectivity index (χ2n) is 6.03. The Bertz CT molecular complexity index is 563. The van der Waals surface area contributed by atoms with Gasteiger partial charge in [0.25, 0.3) is 5.69 Å². The fourth-order valence-electron chi connectivity index (χ4n) is 2.48. The van der Waals surface area contributed by atoms with E-state index in [2.05, 4.69) is 0 Å². The fourth-order valence-corrected chi connectivity index (χ4v) is 2.48. The van der Waals surface area contributed by atoms with Gasteiger partial charge in [0, 0.05) is 30.8 Å². The van der Waals surface area contributed by atoms with Crippen LogP contribution in [0.4, 0.5) is 11.4 Å². The van der Waals surface area contributed by atoms with E-state index < -0.39 is 10.5 Å². The van der Waals surface area contributed by atoms with Crippen molar-refractivity contribution in [2.24, 2.45) is 0 Å². The SMILES string of the molecule is CC(C)(O)CCN1C(=O)CCCc2cc([N+](=O)[O-])ccc21. The molecule has 2 rings (SSSR count). The highest BCUT2D eigenvalue weighted by Crippen LogP contribution is 2.31. The van der Waals surface area contributed by atoms with Crippen molar-refractivity contribution in [2.75, 3.05) is 11.4 Å². The van der Waals surface area contributed by atoms with Gasteiger partial charge in [-0.05, 0) is 44.7 Å². The molecule has 0 aliphatic carbocycles. The van der Waals surface area contributed by atoms with Crippen LogP contribution in [0, 0.1) is 10.1 Å². The molecule has 1 aromatic rings. The number of aliphatic hydroxyl groups is 1. The number of hydrogen-bond donors (Lipinski definition) is 1. The zero-order chi connectivity index (χ0) is 15.6. The van der Waals surface area contributed by atoms with Gasteiger partial charge in [-0.3, -0.25) is 14.9 Å². The summed E-state index contributed by atoms with van der Waals surface area (Å²) in [5, 5.41) is 20.7. The Hall–Kier alpha value is -1.95. The third-order valence-electron chi connectivity index (χ3n) is 3.65. The van der Waals surface area contributed by atoms with Crippen molar-refractivity contribution in [3.05, 3.63) is 33.9 Å². The summed E-state index contributed by atoms with van der Waals surface area (Å²) in [4.78, 5) is 24.3. The highest BCUT2D eigenvalue weighted by molar-refractivity contribution is 5.95. The molecule has 1 aliphatic rings. The molecule has 0 atom stereocenters. The molecular formula is C15H20N2O4. The molecule has 0 aromatic heterocycles. The van der Waals surface area contributed by atoms with Crippen molar-refractivity contribution < 1.29 is 14.8 Å². The summed E-state index contributed by atoms with van der Waals surface area (Å²) < 4.78 is 0. The second kappa shape index (κ2) is 5.81. The molecule has 1 amide bonds. The molecule has 0 saturated heterocycles. The van der Waals surface area contributed by atoms with Gasteiger partial charge in [0.1, 0.15) is 0 Å². The molecule has 6 heteroatoms. The summed E-state index contributed by atoms with van der Waals surface area (Å²) >= 11 is 0. The monoisotopic (exact) mass is 292 g/mol. The predicted octanol–water partition coefficient (Wildman–Crippen LogP) is 2.43. The number of non-ortho nitro benzene ring substituents is 1. The van der Waals surface area contributed by atoms with Crippen LogP contribution in [0.25, 0.3) is 0 Å². The summed E-state index contributed by atoms with van der Waals surface area (Å²) in [5.74, 6) is 0.00635. The van der Waals surface area contributed by atoms with E-state index in [0.717, 1.165) is 11.3 Å². The molecule has 21 heavy (non-hydrogen) atoms.